The Morgan fingerprint density at radius 2 is 2.07 bits per heavy atom. The largest absolute Gasteiger partial charge is 0.494 e. The van der Waals surface area contributed by atoms with E-state index < -0.39 is 0 Å². The van der Waals surface area contributed by atoms with Crippen LogP contribution in [0.3, 0.4) is 0 Å². The number of hydrogen-bond donors (Lipinski definition) is 2. The van der Waals surface area contributed by atoms with Crippen molar-refractivity contribution >= 4 is 5.96 Å². The molecular weight excluding hydrogens is 359 g/mol. The van der Waals surface area contributed by atoms with Crippen LogP contribution in [0.2, 0.25) is 0 Å². The van der Waals surface area contributed by atoms with Gasteiger partial charge in [0.2, 0.25) is 0 Å². The molecule has 0 radical (unpaired) electrons. The molecule has 1 atom stereocenters. The van der Waals surface area contributed by atoms with Gasteiger partial charge < -0.3 is 19.8 Å². The summed E-state index contributed by atoms with van der Waals surface area (Å²) in [5.41, 5.74) is 0.819. The molecule has 1 aromatic carbocycles. The summed E-state index contributed by atoms with van der Waals surface area (Å²) >= 11 is 0. The number of nitrogens with zero attached hydrogens (tertiary/aromatic N) is 2. The van der Waals surface area contributed by atoms with Crippen molar-refractivity contribution in [2.75, 3.05) is 33.8 Å². The summed E-state index contributed by atoms with van der Waals surface area (Å²) in [6.45, 7) is 3.30. The number of guanidine groups is 1. The van der Waals surface area contributed by atoms with Crippen molar-refractivity contribution in [1.29, 1.82) is 0 Å². The molecule has 0 bridgehead atoms. The van der Waals surface area contributed by atoms with Crippen molar-refractivity contribution in [1.82, 2.24) is 15.5 Å². The average molecular weight is 388 g/mol. The monoisotopic (exact) mass is 388 g/mol. The fourth-order valence-corrected chi connectivity index (χ4v) is 3.54. The van der Waals surface area contributed by atoms with Crippen LogP contribution in [0.25, 0.3) is 0 Å². The highest BCUT2D eigenvalue weighted by Crippen LogP contribution is 2.24. The number of likely N-dealkylation sites (tertiary alicyclic amines) is 1. The first kappa shape index (κ1) is 20.2. The summed E-state index contributed by atoms with van der Waals surface area (Å²) in [7, 11) is 3.19. The number of furan rings is 1. The van der Waals surface area contributed by atoms with Crippen molar-refractivity contribution in [3.63, 3.8) is 0 Å². The first-order valence-electron chi connectivity index (χ1n) is 9.75. The summed E-state index contributed by atoms with van der Waals surface area (Å²) in [4.78, 5) is 6.74. The van der Waals surface area contributed by atoms with Gasteiger partial charge in [-0.2, -0.15) is 0 Å². The summed E-state index contributed by atoms with van der Waals surface area (Å²) in [6.07, 6.45) is 5.44. The Kier molecular flexibility index (Phi) is 7.31. The van der Waals surface area contributed by atoms with Crippen LogP contribution in [0.4, 0.5) is 4.39 Å². The van der Waals surface area contributed by atoms with Crippen molar-refractivity contribution < 1.29 is 13.5 Å². The maximum atomic E-state index is 13.9. The van der Waals surface area contributed by atoms with E-state index in [9.17, 15) is 4.39 Å². The predicted octanol–water partition coefficient (Wildman–Crippen LogP) is 3.32. The highest BCUT2D eigenvalue weighted by Gasteiger charge is 2.24. The number of rotatable bonds is 7. The lowest BCUT2D eigenvalue weighted by Crippen LogP contribution is -2.44. The van der Waals surface area contributed by atoms with Crippen LogP contribution in [0.5, 0.6) is 5.75 Å². The Hall–Kier alpha value is -2.54. The Bertz CT molecular complexity index is 758. The van der Waals surface area contributed by atoms with Crippen LogP contribution in [0.1, 0.15) is 36.6 Å². The van der Waals surface area contributed by atoms with E-state index in [0.717, 1.165) is 24.4 Å². The molecule has 2 heterocycles. The third-order valence-electron chi connectivity index (χ3n) is 5.07. The second-order valence-electron chi connectivity index (χ2n) is 6.90. The number of halogens is 1. The van der Waals surface area contributed by atoms with Crippen molar-refractivity contribution in [2.45, 2.75) is 31.8 Å². The second-order valence-corrected chi connectivity index (χ2v) is 6.90. The van der Waals surface area contributed by atoms with E-state index in [1.54, 1.807) is 19.4 Å². The van der Waals surface area contributed by atoms with Crippen molar-refractivity contribution in [2.24, 2.45) is 4.99 Å². The molecule has 2 aromatic rings. The zero-order valence-electron chi connectivity index (χ0n) is 16.6. The molecule has 1 aromatic heterocycles. The van der Waals surface area contributed by atoms with E-state index in [1.807, 2.05) is 18.2 Å². The molecule has 7 heteroatoms. The average Bonchev–Trinajstić information content (AvgIpc) is 3.26. The standard InChI is InChI=1S/C21H29FN4O2/c1-23-21(24-14-16-8-9-19(27-2)17(22)13-16)25-15-18(20-7-6-12-28-20)26-10-4-3-5-11-26/h6-9,12-13,18H,3-5,10-11,14-15H2,1-2H3,(H2,23,24,25). The minimum Gasteiger partial charge on any atom is -0.494 e. The first-order valence-corrected chi connectivity index (χ1v) is 9.75. The maximum absolute atomic E-state index is 13.9. The molecule has 0 aliphatic carbocycles. The molecule has 1 unspecified atom stereocenters. The van der Waals surface area contributed by atoms with Gasteiger partial charge in [0.25, 0.3) is 0 Å². The highest BCUT2D eigenvalue weighted by molar-refractivity contribution is 5.79. The summed E-state index contributed by atoms with van der Waals surface area (Å²) in [5.74, 6) is 1.51. The number of methoxy groups -OCH3 is 1. The summed E-state index contributed by atoms with van der Waals surface area (Å²) < 4.78 is 24.5. The zero-order valence-corrected chi connectivity index (χ0v) is 16.6. The molecule has 2 N–H and O–H groups in total. The normalized spacial score (nSPS) is 16.6. The van der Waals surface area contributed by atoms with E-state index in [2.05, 4.69) is 20.5 Å². The Labute approximate surface area is 165 Å². The molecule has 0 spiro atoms. The van der Waals surface area contributed by atoms with E-state index in [1.165, 1.54) is 32.4 Å². The Morgan fingerprint density at radius 1 is 1.25 bits per heavy atom. The number of hydrogen-bond acceptors (Lipinski definition) is 4. The molecule has 152 valence electrons. The predicted molar refractivity (Wildman–Crippen MR) is 108 cm³/mol. The van der Waals surface area contributed by atoms with Gasteiger partial charge >= 0.3 is 0 Å². The third kappa shape index (κ3) is 5.25. The van der Waals surface area contributed by atoms with E-state index in [0.29, 0.717) is 19.0 Å². The summed E-state index contributed by atoms with van der Waals surface area (Å²) in [5, 5.41) is 6.62. The van der Waals surface area contributed by atoms with Gasteiger partial charge in [-0.25, -0.2) is 4.39 Å². The minimum absolute atomic E-state index is 0.160. The molecule has 1 saturated heterocycles. The van der Waals surface area contributed by atoms with Gasteiger partial charge in [-0.15, -0.1) is 0 Å². The number of aliphatic imine (C=N–C) groups is 1. The van der Waals surface area contributed by atoms with E-state index in [4.69, 9.17) is 9.15 Å². The fourth-order valence-electron chi connectivity index (χ4n) is 3.54. The van der Waals surface area contributed by atoms with Crippen LogP contribution in [-0.2, 0) is 6.54 Å². The van der Waals surface area contributed by atoms with Crippen LogP contribution in [-0.4, -0.2) is 44.7 Å². The molecule has 1 fully saturated rings. The quantitative estimate of drug-likeness (QED) is 0.563. The molecule has 1 aliphatic heterocycles. The third-order valence-corrected chi connectivity index (χ3v) is 5.07. The SMILES string of the molecule is CN=C(NCc1ccc(OC)c(F)c1)NCC(c1ccco1)N1CCCCC1. The molecule has 6 nitrogen and oxygen atoms in total. The lowest BCUT2D eigenvalue weighted by molar-refractivity contribution is 0.146. The smallest absolute Gasteiger partial charge is 0.191 e. The number of nitrogens with one attached hydrogen (secondary N) is 2. The topological polar surface area (TPSA) is 62.0 Å². The fraction of sp³-hybridized carbons (Fsp3) is 0.476. The molecular formula is C21H29FN4O2. The molecule has 28 heavy (non-hydrogen) atoms. The van der Waals surface area contributed by atoms with E-state index >= 15 is 0 Å². The minimum atomic E-state index is -0.368. The molecule has 0 saturated carbocycles. The van der Waals surface area contributed by atoms with E-state index in [-0.39, 0.29) is 17.6 Å². The number of piperidine rings is 1. The van der Waals surface area contributed by atoms with Crippen molar-refractivity contribution in [3.8, 4) is 5.75 Å². The highest BCUT2D eigenvalue weighted by atomic mass is 19.1. The van der Waals surface area contributed by atoms with Crippen LogP contribution >= 0.6 is 0 Å². The lowest BCUT2D eigenvalue weighted by atomic mass is 10.1. The number of ether oxygens (including phenoxy) is 1. The maximum Gasteiger partial charge on any atom is 0.191 e. The van der Waals surface area contributed by atoms with Crippen molar-refractivity contribution in [3.05, 3.63) is 53.7 Å². The van der Waals surface area contributed by atoms with Gasteiger partial charge in [0.15, 0.2) is 17.5 Å². The van der Waals surface area contributed by atoms with Crippen LogP contribution < -0.4 is 15.4 Å². The van der Waals surface area contributed by atoms with Gasteiger partial charge in [0, 0.05) is 20.1 Å². The molecule has 1 aliphatic rings. The van der Waals surface area contributed by atoms with Crippen LogP contribution in [0.15, 0.2) is 46.0 Å². The van der Waals surface area contributed by atoms with Gasteiger partial charge in [0.1, 0.15) is 5.76 Å². The second kappa shape index (κ2) is 10.1. The molecule has 0 amide bonds. The Balaban J connectivity index is 1.57. The lowest BCUT2D eigenvalue weighted by Gasteiger charge is -2.33. The van der Waals surface area contributed by atoms with Crippen LogP contribution in [0, 0.1) is 5.82 Å². The van der Waals surface area contributed by atoms with Gasteiger partial charge in [-0.3, -0.25) is 9.89 Å². The summed E-state index contributed by atoms with van der Waals surface area (Å²) in [6, 6.07) is 9.05. The number of benzene rings is 1. The first-order chi connectivity index (χ1) is 13.7. The van der Waals surface area contributed by atoms with Gasteiger partial charge in [-0.05, 0) is 55.8 Å². The molecule has 3 rings (SSSR count). The van der Waals surface area contributed by atoms with Gasteiger partial charge in [-0.1, -0.05) is 12.5 Å². The van der Waals surface area contributed by atoms with Gasteiger partial charge in [0.05, 0.1) is 19.4 Å². The Morgan fingerprint density at radius 3 is 2.71 bits per heavy atom. The zero-order chi connectivity index (χ0) is 19.8.